The Kier molecular flexibility index (Phi) is 4.99. The molecule has 1 aromatic heterocycles. The third kappa shape index (κ3) is 3.85. The monoisotopic (exact) mass is 305 g/mol. The summed E-state index contributed by atoms with van der Waals surface area (Å²) in [6.07, 6.45) is 0. The predicted octanol–water partition coefficient (Wildman–Crippen LogP) is 1.74. The zero-order valence-corrected chi connectivity index (χ0v) is 12.5. The van der Waals surface area contributed by atoms with Crippen LogP contribution in [0.1, 0.15) is 0 Å². The van der Waals surface area contributed by atoms with Crippen LogP contribution in [0.5, 0.6) is 11.5 Å². The molecule has 0 bridgehead atoms. The summed E-state index contributed by atoms with van der Waals surface area (Å²) in [5.41, 5.74) is 6.54. The largest absolute Gasteiger partial charge is 0.497 e. The van der Waals surface area contributed by atoms with Crippen LogP contribution in [0.15, 0.2) is 35.4 Å². The van der Waals surface area contributed by atoms with E-state index in [-0.39, 0.29) is 11.7 Å². The molecule has 0 fully saturated rings. The number of ether oxygens (including phenoxy) is 2. The van der Waals surface area contributed by atoms with Gasteiger partial charge >= 0.3 is 0 Å². The van der Waals surface area contributed by atoms with Crippen molar-refractivity contribution in [2.45, 2.75) is 5.03 Å². The number of rotatable bonds is 6. The summed E-state index contributed by atoms with van der Waals surface area (Å²) in [5, 5.41) is 8.86. The molecule has 0 spiro atoms. The van der Waals surface area contributed by atoms with Gasteiger partial charge in [0.2, 0.25) is 5.91 Å². The normalized spacial score (nSPS) is 10.2. The van der Waals surface area contributed by atoms with Crippen molar-refractivity contribution < 1.29 is 14.3 Å². The molecule has 0 atom stereocenters. The first-order chi connectivity index (χ1) is 10.1. The zero-order valence-electron chi connectivity index (χ0n) is 11.7. The lowest BCUT2D eigenvalue weighted by Crippen LogP contribution is -2.13. The summed E-state index contributed by atoms with van der Waals surface area (Å²) in [4.78, 5) is 10.7. The third-order valence-corrected chi connectivity index (χ3v) is 3.63. The number of hydrogen-bond acceptors (Lipinski definition) is 6. The Bertz CT molecular complexity index is 632. The van der Waals surface area contributed by atoms with E-state index in [4.69, 9.17) is 15.2 Å². The Morgan fingerprint density at radius 3 is 2.57 bits per heavy atom. The van der Waals surface area contributed by atoms with Crippen LogP contribution in [-0.4, -0.2) is 36.1 Å². The van der Waals surface area contributed by atoms with E-state index < -0.39 is 0 Å². The number of thioether (sulfide) groups is 1. The van der Waals surface area contributed by atoms with E-state index in [1.165, 1.54) is 11.8 Å². The van der Waals surface area contributed by atoms with Crippen molar-refractivity contribution in [3.63, 3.8) is 0 Å². The smallest absolute Gasteiger partial charge is 0.227 e. The van der Waals surface area contributed by atoms with Crippen LogP contribution >= 0.6 is 11.8 Å². The van der Waals surface area contributed by atoms with Crippen molar-refractivity contribution in [1.29, 1.82) is 0 Å². The van der Waals surface area contributed by atoms with Gasteiger partial charge in [0.15, 0.2) is 0 Å². The first-order valence-electron chi connectivity index (χ1n) is 6.11. The number of nitrogens with two attached hydrogens (primary N) is 1. The number of aromatic nitrogens is 2. The van der Waals surface area contributed by atoms with Crippen LogP contribution in [0.4, 0.5) is 0 Å². The molecular weight excluding hydrogens is 290 g/mol. The second-order valence-electron chi connectivity index (χ2n) is 4.08. The second kappa shape index (κ2) is 6.94. The van der Waals surface area contributed by atoms with Crippen LogP contribution in [0.2, 0.25) is 0 Å². The highest BCUT2D eigenvalue weighted by Gasteiger charge is 2.10. The SMILES string of the molecule is COc1ccc(OC)c(-c2ccc(SCC(N)=O)nn2)c1. The van der Waals surface area contributed by atoms with Crippen molar-refractivity contribution in [2.75, 3.05) is 20.0 Å². The molecule has 2 rings (SSSR count). The first-order valence-corrected chi connectivity index (χ1v) is 7.10. The van der Waals surface area contributed by atoms with E-state index in [0.29, 0.717) is 22.2 Å². The highest BCUT2D eigenvalue weighted by molar-refractivity contribution is 7.99. The Morgan fingerprint density at radius 1 is 1.19 bits per heavy atom. The van der Waals surface area contributed by atoms with Crippen molar-refractivity contribution in [1.82, 2.24) is 10.2 Å². The fourth-order valence-electron chi connectivity index (χ4n) is 1.70. The number of nitrogens with zero attached hydrogens (tertiary/aromatic N) is 2. The Morgan fingerprint density at radius 2 is 2.00 bits per heavy atom. The molecule has 2 aromatic rings. The number of primary amides is 1. The highest BCUT2D eigenvalue weighted by atomic mass is 32.2. The molecule has 6 nitrogen and oxygen atoms in total. The third-order valence-electron chi connectivity index (χ3n) is 2.68. The molecule has 0 aliphatic carbocycles. The average molecular weight is 305 g/mol. The van der Waals surface area contributed by atoms with Gasteiger partial charge in [0.25, 0.3) is 0 Å². The lowest BCUT2D eigenvalue weighted by molar-refractivity contribution is -0.115. The summed E-state index contributed by atoms with van der Waals surface area (Å²) >= 11 is 1.25. The second-order valence-corrected chi connectivity index (χ2v) is 5.07. The van der Waals surface area contributed by atoms with Gasteiger partial charge in [-0.3, -0.25) is 4.79 Å². The van der Waals surface area contributed by atoms with E-state index in [1.807, 2.05) is 24.3 Å². The van der Waals surface area contributed by atoms with Gasteiger partial charge in [0.05, 0.1) is 25.7 Å². The number of amides is 1. The Hall–Kier alpha value is -2.28. The van der Waals surface area contributed by atoms with Crippen LogP contribution in [0, 0.1) is 0 Å². The molecule has 0 saturated heterocycles. The standard InChI is InChI=1S/C14H15N3O3S/c1-19-9-3-5-12(20-2)10(7-9)11-4-6-14(17-16-11)21-8-13(15)18/h3-7H,8H2,1-2H3,(H2,15,18). The van der Waals surface area contributed by atoms with Crippen molar-refractivity contribution in [2.24, 2.45) is 5.73 Å². The number of carbonyl (C=O) groups excluding carboxylic acids is 1. The average Bonchev–Trinajstić information content (AvgIpc) is 2.52. The van der Waals surface area contributed by atoms with E-state index in [2.05, 4.69) is 10.2 Å². The van der Waals surface area contributed by atoms with Crippen LogP contribution < -0.4 is 15.2 Å². The molecule has 1 aromatic carbocycles. The number of methoxy groups -OCH3 is 2. The van der Waals surface area contributed by atoms with Crippen molar-refractivity contribution in [3.05, 3.63) is 30.3 Å². The van der Waals surface area contributed by atoms with Gasteiger partial charge in [-0.05, 0) is 30.3 Å². The van der Waals surface area contributed by atoms with Gasteiger partial charge < -0.3 is 15.2 Å². The minimum Gasteiger partial charge on any atom is -0.497 e. The summed E-state index contributed by atoms with van der Waals surface area (Å²) < 4.78 is 10.5. The number of benzene rings is 1. The lowest BCUT2D eigenvalue weighted by atomic mass is 10.1. The molecule has 0 aliphatic heterocycles. The molecule has 0 aliphatic rings. The predicted molar refractivity (Wildman–Crippen MR) is 80.5 cm³/mol. The van der Waals surface area contributed by atoms with Crippen LogP contribution in [0.25, 0.3) is 11.3 Å². The van der Waals surface area contributed by atoms with Crippen LogP contribution in [-0.2, 0) is 4.79 Å². The molecule has 0 radical (unpaired) electrons. The summed E-state index contributed by atoms with van der Waals surface area (Å²) in [6, 6.07) is 9.06. The van der Waals surface area contributed by atoms with Gasteiger partial charge in [-0.25, -0.2) is 0 Å². The number of carbonyl (C=O) groups is 1. The fraction of sp³-hybridized carbons (Fsp3) is 0.214. The number of hydrogen-bond donors (Lipinski definition) is 1. The van der Waals surface area contributed by atoms with E-state index >= 15 is 0 Å². The Balaban J connectivity index is 2.27. The topological polar surface area (TPSA) is 87.3 Å². The maximum Gasteiger partial charge on any atom is 0.227 e. The van der Waals surface area contributed by atoms with Crippen molar-refractivity contribution >= 4 is 17.7 Å². The van der Waals surface area contributed by atoms with E-state index in [0.717, 1.165) is 5.56 Å². The molecule has 110 valence electrons. The molecular formula is C14H15N3O3S. The molecule has 1 amide bonds. The molecule has 7 heteroatoms. The van der Waals surface area contributed by atoms with Gasteiger partial charge in [-0.1, -0.05) is 11.8 Å². The fourth-order valence-corrected chi connectivity index (χ4v) is 2.25. The minimum atomic E-state index is -0.389. The maximum absolute atomic E-state index is 10.7. The van der Waals surface area contributed by atoms with Crippen molar-refractivity contribution in [3.8, 4) is 22.8 Å². The summed E-state index contributed by atoms with van der Waals surface area (Å²) in [5.74, 6) is 1.18. The molecule has 0 saturated carbocycles. The molecule has 21 heavy (non-hydrogen) atoms. The maximum atomic E-state index is 10.7. The van der Waals surface area contributed by atoms with Gasteiger partial charge in [-0.2, -0.15) is 0 Å². The minimum absolute atomic E-state index is 0.177. The van der Waals surface area contributed by atoms with Gasteiger partial charge in [0, 0.05) is 5.56 Å². The molecule has 2 N–H and O–H groups in total. The quantitative estimate of drug-likeness (QED) is 0.818. The van der Waals surface area contributed by atoms with Gasteiger partial charge in [0.1, 0.15) is 16.5 Å². The van der Waals surface area contributed by atoms with E-state index in [1.54, 1.807) is 20.3 Å². The molecule has 0 unspecified atom stereocenters. The first kappa shape index (κ1) is 15.1. The van der Waals surface area contributed by atoms with E-state index in [9.17, 15) is 4.79 Å². The highest BCUT2D eigenvalue weighted by Crippen LogP contribution is 2.32. The Labute approximate surface area is 126 Å². The summed E-state index contributed by atoms with van der Waals surface area (Å²) in [6.45, 7) is 0. The lowest BCUT2D eigenvalue weighted by Gasteiger charge is -2.09. The zero-order chi connectivity index (χ0) is 15.2. The van der Waals surface area contributed by atoms with Gasteiger partial charge in [-0.15, -0.1) is 10.2 Å². The van der Waals surface area contributed by atoms with Crippen LogP contribution in [0.3, 0.4) is 0 Å². The molecule has 1 heterocycles. The summed E-state index contributed by atoms with van der Waals surface area (Å²) in [7, 11) is 3.19.